The Labute approximate surface area is 418 Å². The van der Waals surface area contributed by atoms with Crippen LogP contribution in [0.25, 0.3) is 21.5 Å². The Balaban J connectivity index is 0.000000156. The fourth-order valence-corrected chi connectivity index (χ4v) is 10.7. The summed E-state index contributed by atoms with van der Waals surface area (Å²) in [7, 11) is 0. The summed E-state index contributed by atoms with van der Waals surface area (Å²) in [5, 5.41) is 23.0. The van der Waals surface area contributed by atoms with Crippen LogP contribution in [0.3, 0.4) is 0 Å². The number of fused-ring (bicyclic) bond motifs is 4. The van der Waals surface area contributed by atoms with Crippen molar-refractivity contribution in [3.05, 3.63) is 118 Å². The van der Waals surface area contributed by atoms with Crippen molar-refractivity contribution in [3.63, 3.8) is 0 Å². The molecular weight excluding hydrogens is 913 g/mol. The maximum absolute atomic E-state index is 12.3. The number of carbonyl (C=O) groups excluding carboxylic acids is 2. The van der Waals surface area contributed by atoms with Gasteiger partial charge in [0.05, 0.1) is 45.5 Å². The van der Waals surface area contributed by atoms with Gasteiger partial charge in [0.1, 0.15) is 24.4 Å². The summed E-state index contributed by atoms with van der Waals surface area (Å²) >= 11 is 0. The molecule has 4 aliphatic carbocycles. The maximum atomic E-state index is 12.3. The van der Waals surface area contributed by atoms with Gasteiger partial charge in [0.15, 0.2) is 0 Å². The third kappa shape index (κ3) is 9.15. The first-order chi connectivity index (χ1) is 34.4. The van der Waals surface area contributed by atoms with Crippen LogP contribution in [-0.4, -0.2) is 88.7 Å². The van der Waals surface area contributed by atoms with Gasteiger partial charge in [-0.2, -0.15) is 0 Å². The molecule has 0 radical (unpaired) electrons. The number of nitrogens with two attached hydrogens (primary N) is 2. The van der Waals surface area contributed by atoms with Crippen LogP contribution in [0.5, 0.6) is 11.8 Å². The van der Waals surface area contributed by atoms with Gasteiger partial charge in [0, 0.05) is 109 Å². The number of pyridine rings is 6. The zero-order chi connectivity index (χ0) is 50.4. The Kier molecular flexibility index (Phi) is 12.3. The van der Waals surface area contributed by atoms with Crippen molar-refractivity contribution in [2.24, 2.45) is 23.3 Å². The van der Waals surface area contributed by atoms with E-state index in [1.807, 2.05) is 76.7 Å². The number of ether oxygens (including phenoxy) is 4. The molecule has 6 N–H and O–H groups in total. The minimum atomic E-state index is -0.495. The molecule has 0 unspecified atom stereocenters. The van der Waals surface area contributed by atoms with E-state index in [0.717, 1.165) is 92.5 Å². The lowest BCUT2D eigenvalue weighted by Crippen LogP contribution is -2.38. The van der Waals surface area contributed by atoms with E-state index in [-0.39, 0.29) is 60.4 Å². The van der Waals surface area contributed by atoms with E-state index in [2.05, 4.69) is 35.9 Å². The lowest BCUT2D eigenvalue weighted by atomic mass is 9.86. The molecule has 6 aromatic rings. The highest BCUT2D eigenvalue weighted by atomic mass is 16.5. The zero-order valence-electron chi connectivity index (χ0n) is 41.8. The van der Waals surface area contributed by atoms with Gasteiger partial charge in [-0.15, -0.1) is 0 Å². The lowest BCUT2D eigenvalue weighted by Gasteiger charge is -2.32. The van der Waals surface area contributed by atoms with Gasteiger partial charge in [-0.1, -0.05) is 13.8 Å². The number of aliphatic hydroxyl groups excluding tert-OH is 2. The minimum Gasteiger partial charge on any atom is -0.474 e. The van der Waals surface area contributed by atoms with Gasteiger partial charge in [-0.05, 0) is 124 Å². The number of nitrogens with zero attached hydrogens (tertiary/aromatic N) is 6. The molecular formula is C56H64N8O8. The molecule has 6 aliphatic rings. The molecule has 16 nitrogen and oxygen atoms in total. The summed E-state index contributed by atoms with van der Waals surface area (Å²) in [6.07, 6.45) is 14.2. The van der Waals surface area contributed by atoms with Crippen LogP contribution in [0.2, 0.25) is 0 Å². The molecule has 4 fully saturated rings. The predicted octanol–water partition coefficient (Wildman–Crippen LogP) is 7.53. The summed E-state index contributed by atoms with van der Waals surface area (Å²) in [5.41, 5.74) is 20.7. The van der Waals surface area contributed by atoms with Crippen molar-refractivity contribution in [1.29, 1.82) is 0 Å². The maximum Gasteiger partial charge on any atom is 0.340 e. The standard InChI is InChI=1S/2C28H32N4O4/c2*1-14-15(2)35-27(34)21-7-6-17(32-25(14)21)8-18-9-22-23(12-30-18)26(36-20-10-19(33)11-20)31-13-24(22)28(3,29)16-4-5-16/h2*6-7,9,12-16,19-20,33H,4-5,8,10-11,29H2,1-3H3/t14-,15-,19?,20?,28+;14-,15-,19?,20?,28-/m00/s1. The summed E-state index contributed by atoms with van der Waals surface area (Å²) < 4.78 is 23.1. The van der Waals surface area contributed by atoms with Crippen LogP contribution in [0, 0.1) is 11.8 Å². The van der Waals surface area contributed by atoms with Crippen LogP contribution < -0.4 is 20.9 Å². The van der Waals surface area contributed by atoms with Crippen molar-refractivity contribution < 1.29 is 38.7 Å². The second-order valence-corrected chi connectivity index (χ2v) is 21.9. The monoisotopic (exact) mass is 976 g/mol. The minimum absolute atomic E-state index is 0.0288. The highest BCUT2D eigenvalue weighted by Gasteiger charge is 2.43. The number of rotatable bonds is 12. The van der Waals surface area contributed by atoms with Gasteiger partial charge >= 0.3 is 11.9 Å². The van der Waals surface area contributed by atoms with E-state index in [9.17, 15) is 19.8 Å². The van der Waals surface area contributed by atoms with Crippen molar-refractivity contribution in [2.45, 2.75) is 165 Å². The molecule has 0 amide bonds. The highest BCUT2D eigenvalue weighted by molar-refractivity contribution is 5.93. The van der Waals surface area contributed by atoms with Crippen molar-refractivity contribution in [1.82, 2.24) is 29.9 Å². The summed E-state index contributed by atoms with van der Waals surface area (Å²) in [6, 6.07) is 11.5. The van der Waals surface area contributed by atoms with E-state index in [1.165, 1.54) is 0 Å². The molecule has 2 aliphatic heterocycles. The number of esters is 2. The van der Waals surface area contributed by atoms with E-state index in [0.29, 0.717) is 73.2 Å². The molecule has 0 saturated heterocycles. The first-order valence-corrected chi connectivity index (χ1v) is 25.7. The summed E-state index contributed by atoms with van der Waals surface area (Å²) in [5.74, 6) is 1.35. The van der Waals surface area contributed by atoms with E-state index in [4.69, 9.17) is 50.4 Å². The topological polar surface area (TPSA) is 241 Å². The number of hydrogen-bond donors (Lipinski definition) is 4. The quantitative estimate of drug-likeness (QED) is 0.0867. The molecule has 376 valence electrons. The largest absolute Gasteiger partial charge is 0.474 e. The van der Waals surface area contributed by atoms with Crippen LogP contribution in [0.4, 0.5) is 0 Å². The van der Waals surface area contributed by atoms with E-state index < -0.39 is 11.1 Å². The third-order valence-electron chi connectivity index (χ3n) is 16.3. The molecule has 0 bridgehead atoms. The Morgan fingerprint density at radius 3 is 1.32 bits per heavy atom. The van der Waals surface area contributed by atoms with Crippen molar-refractivity contribution >= 4 is 33.5 Å². The Morgan fingerprint density at radius 1 is 0.569 bits per heavy atom. The average molecular weight is 977 g/mol. The number of hydrogen-bond acceptors (Lipinski definition) is 16. The first-order valence-electron chi connectivity index (χ1n) is 25.7. The Bertz CT molecular complexity index is 2900. The fourth-order valence-electron chi connectivity index (χ4n) is 10.7. The number of aromatic nitrogens is 6. The second kappa shape index (κ2) is 18.4. The van der Waals surface area contributed by atoms with Gasteiger partial charge < -0.3 is 40.6 Å². The third-order valence-corrected chi connectivity index (χ3v) is 16.3. The van der Waals surface area contributed by atoms with Crippen molar-refractivity contribution in [2.75, 3.05) is 0 Å². The molecule has 0 spiro atoms. The first kappa shape index (κ1) is 48.1. The molecule has 0 aromatic carbocycles. The average Bonchev–Trinajstić information content (AvgIpc) is 4.26. The zero-order valence-corrected chi connectivity index (χ0v) is 41.8. The van der Waals surface area contributed by atoms with E-state index >= 15 is 0 Å². The van der Waals surface area contributed by atoms with Gasteiger partial charge in [0.2, 0.25) is 11.8 Å². The van der Waals surface area contributed by atoms with Crippen LogP contribution >= 0.6 is 0 Å². The summed E-state index contributed by atoms with van der Waals surface area (Å²) in [4.78, 5) is 53.0. The smallest absolute Gasteiger partial charge is 0.340 e. The second-order valence-electron chi connectivity index (χ2n) is 21.9. The predicted molar refractivity (Wildman–Crippen MR) is 268 cm³/mol. The summed E-state index contributed by atoms with van der Waals surface area (Å²) in [6.45, 7) is 12.0. The molecule has 72 heavy (non-hydrogen) atoms. The number of aliphatic hydroxyl groups is 2. The Morgan fingerprint density at radius 2 is 0.958 bits per heavy atom. The van der Waals surface area contributed by atoms with Crippen LogP contribution in [-0.2, 0) is 33.4 Å². The molecule has 4 saturated carbocycles. The lowest BCUT2D eigenvalue weighted by molar-refractivity contribution is -0.0125. The molecule has 6 aromatic heterocycles. The molecule has 6 atom stereocenters. The van der Waals surface area contributed by atoms with E-state index in [1.54, 1.807) is 0 Å². The SMILES string of the molecule is C[C@@H]1OC(=O)c2ccc(Cc3cc4c([C@@](C)(N)C5CC5)cnc(OC5CC(O)C5)c4cn3)nc2[C@H]1C.C[C@@H]1OC(=O)c2ccc(Cc3cc4c([C@](C)(N)C5CC5)cnc(OC5CC(O)C5)c4cn3)nc2[C@H]1C. The van der Waals surface area contributed by atoms with Gasteiger partial charge in [0.25, 0.3) is 0 Å². The van der Waals surface area contributed by atoms with Crippen LogP contribution in [0.15, 0.2) is 61.2 Å². The molecule has 16 heteroatoms. The normalized spacial score (nSPS) is 27.1. The number of cyclic esters (lactones) is 2. The van der Waals surface area contributed by atoms with Crippen LogP contribution in [0.1, 0.15) is 171 Å². The fraction of sp³-hybridized carbons (Fsp3) is 0.500. The Hall–Kier alpha value is -6.20. The number of carbonyl (C=O) groups is 2. The van der Waals surface area contributed by atoms with Gasteiger partial charge in [-0.25, -0.2) is 19.6 Å². The van der Waals surface area contributed by atoms with Gasteiger partial charge in [-0.3, -0.25) is 19.9 Å². The highest BCUT2D eigenvalue weighted by Crippen LogP contribution is 2.48. The molecule has 8 heterocycles. The van der Waals surface area contributed by atoms with Crippen molar-refractivity contribution in [3.8, 4) is 11.8 Å². The molecule has 12 rings (SSSR count).